The summed E-state index contributed by atoms with van der Waals surface area (Å²) in [6.45, 7) is 3.13. The Morgan fingerprint density at radius 2 is 1.86 bits per heavy atom. The van der Waals surface area contributed by atoms with Crippen LogP contribution in [-0.4, -0.2) is 46.6 Å². The van der Waals surface area contributed by atoms with Gasteiger partial charge in [0.15, 0.2) is 0 Å². The average Bonchev–Trinajstić information content (AvgIpc) is 3.30. The molecule has 1 aromatic carbocycles. The maximum atomic E-state index is 14.3. The second kappa shape index (κ2) is 8.32. The lowest BCUT2D eigenvalue weighted by Gasteiger charge is -2.27. The van der Waals surface area contributed by atoms with E-state index in [1.807, 2.05) is 11.0 Å². The molecule has 0 bridgehead atoms. The number of methoxy groups -OCH3 is 2. The Balaban J connectivity index is 2.13. The minimum absolute atomic E-state index is 0.183. The molecule has 1 saturated carbocycles. The van der Waals surface area contributed by atoms with Gasteiger partial charge in [-0.1, -0.05) is 12.1 Å². The molecule has 1 N–H and O–H groups in total. The van der Waals surface area contributed by atoms with Crippen molar-refractivity contribution in [2.45, 2.75) is 25.4 Å². The predicted molar refractivity (Wildman–Crippen MR) is 82.2 cm³/mol. The smallest absolute Gasteiger partial charge is 0.146 e. The molecule has 21 heavy (non-hydrogen) atoms. The summed E-state index contributed by atoms with van der Waals surface area (Å²) >= 11 is 0. The van der Waals surface area contributed by atoms with Crippen LogP contribution in [0.3, 0.4) is 0 Å². The van der Waals surface area contributed by atoms with Crippen LogP contribution in [0.2, 0.25) is 0 Å². The van der Waals surface area contributed by atoms with E-state index in [0.717, 1.165) is 5.56 Å². The van der Waals surface area contributed by atoms with Crippen LogP contribution in [-0.2, 0) is 16.0 Å². The number of nitrogens with one attached hydrogen (secondary N) is 1. The van der Waals surface area contributed by atoms with Crippen LogP contribution in [0.15, 0.2) is 18.2 Å². The first-order valence-corrected chi connectivity index (χ1v) is 7.50. The number of anilines is 1. The first kappa shape index (κ1) is 16.2. The van der Waals surface area contributed by atoms with Gasteiger partial charge in [-0.05, 0) is 24.5 Å². The summed E-state index contributed by atoms with van der Waals surface area (Å²) in [7, 11) is 3.32. The minimum Gasteiger partial charge on any atom is -0.383 e. The lowest BCUT2D eigenvalue weighted by molar-refractivity contribution is 0.190. The van der Waals surface area contributed by atoms with E-state index in [0.29, 0.717) is 44.6 Å². The summed E-state index contributed by atoms with van der Waals surface area (Å²) in [4.78, 5) is 2.01. The number of ether oxygens (including phenoxy) is 2. The number of rotatable bonds is 10. The van der Waals surface area contributed by atoms with Gasteiger partial charge in [0.2, 0.25) is 0 Å². The van der Waals surface area contributed by atoms with Crippen molar-refractivity contribution >= 4 is 5.69 Å². The molecule has 0 aromatic heterocycles. The molecule has 4 nitrogen and oxygen atoms in total. The zero-order chi connectivity index (χ0) is 15.1. The summed E-state index contributed by atoms with van der Waals surface area (Å²) in [6, 6.07) is 5.88. The third-order valence-electron chi connectivity index (χ3n) is 3.68. The molecular formula is C16H25FN2O2. The summed E-state index contributed by atoms with van der Waals surface area (Å²) < 4.78 is 24.6. The van der Waals surface area contributed by atoms with Gasteiger partial charge in [0.05, 0.1) is 18.9 Å². The Morgan fingerprint density at radius 1 is 1.19 bits per heavy atom. The number of nitrogens with zero attached hydrogens (tertiary/aromatic N) is 1. The van der Waals surface area contributed by atoms with Crippen LogP contribution >= 0.6 is 0 Å². The minimum atomic E-state index is -0.183. The molecule has 1 fully saturated rings. The molecule has 0 radical (unpaired) electrons. The highest BCUT2D eigenvalue weighted by Gasteiger charge is 2.22. The second-order valence-corrected chi connectivity index (χ2v) is 5.38. The number of para-hydroxylation sites is 1. The SMILES string of the molecule is COCCN(CCOC)c1c(F)cccc1CNC1CC1. The van der Waals surface area contributed by atoms with Gasteiger partial charge in [-0.15, -0.1) is 0 Å². The van der Waals surface area contributed by atoms with Crippen molar-refractivity contribution in [3.05, 3.63) is 29.6 Å². The van der Waals surface area contributed by atoms with Gasteiger partial charge < -0.3 is 19.7 Å². The molecular weight excluding hydrogens is 271 g/mol. The van der Waals surface area contributed by atoms with Crippen LogP contribution in [0, 0.1) is 5.82 Å². The maximum absolute atomic E-state index is 14.3. The van der Waals surface area contributed by atoms with Gasteiger partial charge in [0, 0.05) is 39.9 Å². The zero-order valence-corrected chi connectivity index (χ0v) is 12.9. The fourth-order valence-electron chi connectivity index (χ4n) is 2.34. The number of hydrogen-bond donors (Lipinski definition) is 1. The molecule has 0 amide bonds. The van der Waals surface area contributed by atoms with Crippen LogP contribution in [0.1, 0.15) is 18.4 Å². The molecule has 0 aliphatic heterocycles. The van der Waals surface area contributed by atoms with E-state index in [9.17, 15) is 4.39 Å². The normalized spacial score (nSPS) is 14.4. The Hall–Kier alpha value is -1.17. The number of hydrogen-bond acceptors (Lipinski definition) is 4. The molecule has 0 atom stereocenters. The van der Waals surface area contributed by atoms with E-state index >= 15 is 0 Å². The summed E-state index contributed by atoms with van der Waals surface area (Å²) in [6.07, 6.45) is 2.45. The first-order valence-electron chi connectivity index (χ1n) is 7.50. The highest BCUT2D eigenvalue weighted by atomic mass is 19.1. The van der Waals surface area contributed by atoms with E-state index in [-0.39, 0.29) is 5.82 Å². The Morgan fingerprint density at radius 3 is 2.43 bits per heavy atom. The largest absolute Gasteiger partial charge is 0.383 e. The fourth-order valence-corrected chi connectivity index (χ4v) is 2.34. The molecule has 0 saturated heterocycles. The van der Waals surface area contributed by atoms with Crippen molar-refractivity contribution in [1.29, 1.82) is 0 Å². The van der Waals surface area contributed by atoms with Gasteiger partial charge in [-0.3, -0.25) is 0 Å². The van der Waals surface area contributed by atoms with Gasteiger partial charge in [-0.25, -0.2) is 4.39 Å². The molecule has 1 aromatic rings. The molecule has 0 unspecified atom stereocenters. The van der Waals surface area contributed by atoms with Crippen LogP contribution in [0.25, 0.3) is 0 Å². The van der Waals surface area contributed by atoms with Crippen molar-refractivity contribution < 1.29 is 13.9 Å². The lowest BCUT2D eigenvalue weighted by Crippen LogP contribution is -2.33. The summed E-state index contributed by atoms with van der Waals surface area (Å²) in [5.74, 6) is -0.183. The van der Waals surface area contributed by atoms with Crippen LogP contribution in [0.5, 0.6) is 0 Å². The standard InChI is InChI=1S/C16H25FN2O2/c1-20-10-8-19(9-11-21-2)16-13(4-3-5-15(16)17)12-18-14-6-7-14/h3-5,14,18H,6-12H2,1-2H3. The van der Waals surface area contributed by atoms with Gasteiger partial charge >= 0.3 is 0 Å². The van der Waals surface area contributed by atoms with E-state index in [1.165, 1.54) is 18.9 Å². The summed E-state index contributed by atoms with van der Waals surface area (Å²) in [5.41, 5.74) is 1.66. The molecule has 1 aliphatic rings. The first-order chi connectivity index (χ1) is 10.3. The fraction of sp³-hybridized carbons (Fsp3) is 0.625. The van der Waals surface area contributed by atoms with Crippen LogP contribution in [0.4, 0.5) is 10.1 Å². The maximum Gasteiger partial charge on any atom is 0.146 e. The van der Waals surface area contributed by atoms with E-state index in [1.54, 1.807) is 20.3 Å². The monoisotopic (exact) mass is 296 g/mol. The highest BCUT2D eigenvalue weighted by Crippen LogP contribution is 2.26. The molecule has 5 heteroatoms. The number of halogens is 1. The van der Waals surface area contributed by atoms with E-state index < -0.39 is 0 Å². The Bertz CT molecular complexity index is 430. The van der Waals surface area contributed by atoms with Crippen molar-refractivity contribution in [1.82, 2.24) is 5.32 Å². The van der Waals surface area contributed by atoms with Crippen LogP contribution < -0.4 is 10.2 Å². The third kappa shape index (κ3) is 4.95. The Labute approximate surface area is 126 Å². The second-order valence-electron chi connectivity index (χ2n) is 5.38. The molecule has 1 aliphatic carbocycles. The highest BCUT2D eigenvalue weighted by molar-refractivity contribution is 5.55. The molecule has 0 spiro atoms. The molecule has 0 heterocycles. The zero-order valence-electron chi connectivity index (χ0n) is 12.9. The third-order valence-corrected chi connectivity index (χ3v) is 3.68. The van der Waals surface area contributed by atoms with Crippen molar-refractivity contribution in [2.24, 2.45) is 0 Å². The van der Waals surface area contributed by atoms with E-state index in [2.05, 4.69) is 5.32 Å². The topological polar surface area (TPSA) is 33.7 Å². The molecule has 118 valence electrons. The summed E-state index contributed by atoms with van der Waals surface area (Å²) in [5, 5.41) is 3.45. The van der Waals surface area contributed by atoms with Crippen molar-refractivity contribution in [3.8, 4) is 0 Å². The lowest BCUT2D eigenvalue weighted by atomic mass is 10.1. The van der Waals surface area contributed by atoms with Gasteiger partial charge in [-0.2, -0.15) is 0 Å². The van der Waals surface area contributed by atoms with Crippen molar-refractivity contribution in [3.63, 3.8) is 0 Å². The predicted octanol–water partition coefficient (Wildman–Crippen LogP) is 2.18. The molecule has 2 rings (SSSR count). The van der Waals surface area contributed by atoms with Gasteiger partial charge in [0.25, 0.3) is 0 Å². The number of benzene rings is 1. The average molecular weight is 296 g/mol. The van der Waals surface area contributed by atoms with Gasteiger partial charge in [0.1, 0.15) is 5.82 Å². The Kier molecular flexibility index (Phi) is 6.42. The van der Waals surface area contributed by atoms with Crippen molar-refractivity contribution in [2.75, 3.05) is 45.4 Å². The quantitative estimate of drug-likeness (QED) is 0.717. The van der Waals surface area contributed by atoms with E-state index in [4.69, 9.17) is 9.47 Å².